The Morgan fingerprint density at radius 3 is 2.63 bits per heavy atom. The Labute approximate surface area is 119 Å². The molecule has 0 spiro atoms. The van der Waals surface area contributed by atoms with Crippen LogP contribution in [0.5, 0.6) is 0 Å². The normalized spacial score (nSPS) is 23.5. The lowest BCUT2D eigenvalue weighted by atomic mass is 9.95. The molecule has 0 aromatic heterocycles. The molecular formula is C15H20ClNO2. The first-order valence-electron chi connectivity index (χ1n) is 6.64. The largest absolute Gasteiger partial charge is 0.391 e. The van der Waals surface area contributed by atoms with Crippen molar-refractivity contribution in [3.8, 4) is 0 Å². The Bertz CT molecular complexity index is 501. The van der Waals surface area contributed by atoms with Crippen LogP contribution in [-0.4, -0.2) is 35.1 Å². The molecule has 3 nitrogen and oxygen atoms in total. The molecule has 19 heavy (non-hydrogen) atoms. The molecule has 1 saturated heterocycles. The van der Waals surface area contributed by atoms with Crippen molar-refractivity contribution in [2.24, 2.45) is 5.92 Å². The van der Waals surface area contributed by atoms with E-state index in [0.29, 0.717) is 23.7 Å². The number of hydrogen-bond acceptors (Lipinski definition) is 2. The van der Waals surface area contributed by atoms with Crippen molar-refractivity contribution in [2.75, 3.05) is 13.1 Å². The van der Waals surface area contributed by atoms with Crippen LogP contribution in [0, 0.1) is 19.8 Å². The van der Waals surface area contributed by atoms with Gasteiger partial charge in [0.25, 0.3) is 5.91 Å². The van der Waals surface area contributed by atoms with Crippen molar-refractivity contribution in [1.82, 2.24) is 4.90 Å². The third-order valence-corrected chi connectivity index (χ3v) is 4.33. The van der Waals surface area contributed by atoms with Crippen molar-refractivity contribution in [3.63, 3.8) is 0 Å². The molecule has 1 aromatic rings. The van der Waals surface area contributed by atoms with Crippen LogP contribution in [0.25, 0.3) is 0 Å². The Kier molecular flexibility index (Phi) is 4.16. The van der Waals surface area contributed by atoms with Crippen LogP contribution in [0.2, 0.25) is 5.02 Å². The molecule has 1 amide bonds. The smallest absolute Gasteiger partial charge is 0.255 e. The van der Waals surface area contributed by atoms with E-state index in [1.807, 2.05) is 32.9 Å². The summed E-state index contributed by atoms with van der Waals surface area (Å²) in [6, 6.07) is 3.66. The monoisotopic (exact) mass is 281 g/mol. The van der Waals surface area contributed by atoms with E-state index in [9.17, 15) is 9.90 Å². The van der Waals surface area contributed by atoms with Gasteiger partial charge in [-0.25, -0.2) is 0 Å². The number of rotatable bonds is 1. The second-order valence-corrected chi connectivity index (χ2v) is 5.91. The van der Waals surface area contributed by atoms with Crippen LogP contribution in [0.15, 0.2) is 12.1 Å². The number of aliphatic hydroxyl groups excluding tert-OH is 1. The molecule has 1 aliphatic heterocycles. The Morgan fingerprint density at radius 2 is 2.00 bits per heavy atom. The molecule has 0 aliphatic carbocycles. The fourth-order valence-corrected chi connectivity index (χ4v) is 2.65. The van der Waals surface area contributed by atoms with E-state index in [1.165, 1.54) is 0 Å². The zero-order valence-electron chi connectivity index (χ0n) is 11.6. The summed E-state index contributed by atoms with van der Waals surface area (Å²) >= 11 is 6.17. The predicted octanol–water partition coefficient (Wildman–Crippen LogP) is 2.80. The Hall–Kier alpha value is -1.06. The molecular weight excluding hydrogens is 262 g/mol. The molecule has 0 saturated carbocycles. The van der Waals surface area contributed by atoms with Crippen LogP contribution in [-0.2, 0) is 0 Å². The lowest BCUT2D eigenvalue weighted by Gasteiger charge is -2.34. The maximum absolute atomic E-state index is 12.5. The van der Waals surface area contributed by atoms with Crippen molar-refractivity contribution in [1.29, 1.82) is 0 Å². The number of aryl methyl sites for hydroxylation is 2. The van der Waals surface area contributed by atoms with E-state index < -0.39 is 6.10 Å². The van der Waals surface area contributed by atoms with Gasteiger partial charge >= 0.3 is 0 Å². The molecule has 0 radical (unpaired) electrons. The van der Waals surface area contributed by atoms with Gasteiger partial charge in [0.15, 0.2) is 0 Å². The van der Waals surface area contributed by atoms with Gasteiger partial charge in [0.1, 0.15) is 0 Å². The third-order valence-electron chi connectivity index (χ3n) is 4.02. The van der Waals surface area contributed by atoms with Crippen LogP contribution >= 0.6 is 11.6 Å². The average Bonchev–Trinajstić information content (AvgIpc) is 2.36. The van der Waals surface area contributed by atoms with Gasteiger partial charge in [-0.05, 0) is 49.4 Å². The number of hydrogen-bond donors (Lipinski definition) is 1. The third kappa shape index (κ3) is 2.93. The fraction of sp³-hybridized carbons (Fsp3) is 0.533. The number of β-amino-alcohol motifs (C(OH)–C–C–N with tert-alkyl or cyclic N) is 1. The van der Waals surface area contributed by atoms with Gasteiger partial charge < -0.3 is 10.0 Å². The second-order valence-electron chi connectivity index (χ2n) is 5.50. The van der Waals surface area contributed by atoms with Crippen molar-refractivity contribution >= 4 is 17.5 Å². The highest BCUT2D eigenvalue weighted by atomic mass is 35.5. The summed E-state index contributed by atoms with van der Waals surface area (Å²) < 4.78 is 0. The maximum atomic E-state index is 12.5. The van der Waals surface area contributed by atoms with Gasteiger partial charge in [-0.2, -0.15) is 0 Å². The van der Waals surface area contributed by atoms with Gasteiger partial charge in [0, 0.05) is 13.1 Å². The number of halogens is 1. The summed E-state index contributed by atoms with van der Waals surface area (Å²) in [7, 11) is 0. The topological polar surface area (TPSA) is 40.5 Å². The van der Waals surface area contributed by atoms with Crippen LogP contribution < -0.4 is 0 Å². The van der Waals surface area contributed by atoms with Gasteiger partial charge in [0.2, 0.25) is 0 Å². The summed E-state index contributed by atoms with van der Waals surface area (Å²) in [6.45, 7) is 7.02. The van der Waals surface area contributed by atoms with E-state index >= 15 is 0 Å². The van der Waals surface area contributed by atoms with Crippen LogP contribution in [0.1, 0.15) is 34.8 Å². The summed E-state index contributed by atoms with van der Waals surface area (Å²) in [4.78, 5) is 14.2. The number of amides is 1. The van der Waals surface area contributed by atoms with E-state index in [-0.39, 0.29) is 11.8 Å². The van der Waals surface area contributed by atoms with Crippen molar-refractivity contribution in [3.05, 3.63) is 33.8 Å². The predicted molar refractivity (Wildman–Crippen MR) is 76.6 cm³/mol. The minimum atomic E-state index is -0.442. The summed E-state index contributed by atoms with van der Waals surface area (Å²) in [5, 5.41) is 10.4. The lowest BCUT2D eigenvalue weighted by Crippen LogP contribution is -2.45. The summed E-state index contributed by atoms with van der Waals surface area (Å²) in [6.07, 6.45) is 0.387. The van der Waals surface area contributed by atoms with E-state index in [4.69, 9.17) is 11.6 Å². The molecule has 1 aliphatic rings. The highest BCUT2D eigenvalue weighted by molar-refractivity contribution is 6.34. The molecule has 1 heterocycles. The number of likely N-dealkylation sites (tertiary alicyclic amines) is 1. The van der Waals surface area contributed by atoms with Crippen molar-refractivity contribution in [2.45, 2.75) is 33.3 Å². The first-order chi connectivity index (χ1) is 8.90. The minimum Gasteiger partial charge on any atom is -0.391 e. The number of benzene rings is 1. The molecule has 0 bridgehead atoms. The van der Waals surface area contributed by atoms with E-state index in [1.54, 1.807) is 4.90 Å². The zero-order chi connectivity index (χ0) is 14.2. The summed E-state index contributed by atoms with van der Waals surface area (Å²) in [5.41, 5.74) is 2.67. The molecule has 2 unspecified atom stereocenters. The molecule has 2 rings (SSSR count). The fourth-order valence-electron chi connectivity index (χ4n) is 2.35. The first kappa shape index (κ1) is 14.4. The van der Waals surface area contributed by atoms with Crippen molar-refractivity contribution < 1.29 is 9.90 Å². The van der Waals surface area contributed by atoms with Gasteiger partial charge in [-0.3, -0.25) is 4.79 Å². The minimum absolute atomic E-state index is 0.0842. The number of carbonyl (C=O) groups excluding carboxylic acids is 1. The van der Waals surface area contributed by atoms with Crippen LogP contribution in [0.4, 0.5) is 0 Å². The second kappa shape index (κ2) is 5.51. The number of piperidine rings is 1. The number of carbonyl (C=O) groups is 1. The first-order valence-corrected chi connectivity index (χ1v) is 7.02. The molecule has 4 heteroatoms. The highest BCUT2D eigenvalue weighted by Crippen LogP contribution is 2.25. The van der Waals surface area contributed by atoms with E-state index in [2.05, 4.69) is 0 Å². The Morgan fingerprint density at radius 1 is 1.37 bits per heavy atom. The van der Waals surface area contributed by atoms with Gasteiger partial charge in [-0.1, -0.05) is 18.5 Å². The number of nitrogens with zero attached hydrogens (tertiary/aromatic N) is 1. The lowest BCUT2D eigenvalue weighted by molar-refractivity contribution is 0.0248. The molecule has 1 aromatic carbocycles. The summed E-state index contributed by atoms with van der Waals surface area (Å²) in [5.74, 6) is 0.165. The number of aliphatic hydroxyl groups is 1. The average molecular weight is 282 g/mol. The highest BCUT2D eigenvalue weighted by Gasteiger charge is 2.28. The van der Waals surface area contributed by atoms with E-state index in [0.717, 1.165) is 17.5 Å². The van der Waals surface area contributed by atoms with Gasteiger partial charge in [0.05, 0.1) is 16.7 Å². The van der Waals surface area contributed by atoms with Crippen LogP contribution in [0.3, 0.4) is 0 Å². The molecule has 104 valence electrons. The maximum Gasteiger partial charge on any atom is 0.255 e. The van der Waals surface area contributed by atoms with Gasteiger partial charge in [-0.15, -0.1) is 0 Å². The zero-order valence-corrected chi connectivity index (χ0v) is 12.4. The Balaban J connectivity index is 2.23. The molecule has 1 fully saturated rings. The standard InChI is InChI=1S/C15H20ClNO2/c1-9-4-5-17(8-14(9)18)15(19)12-6-10(2)11(3)7-13(12)16/h6-7,9,14,18H,4-5,8H2,1-3H3. The molecule has 2 atom stereocenters. The quantitative estimate of drug-likeness (QED) is 0.860. The molecule has 1 N–H and O–H groups in total. The SMILES string of the molecule is Cc1cc(Cl)c(C(=O)N2CCC(C)C(O)C2)cc1C.